The summed E-state index contributed by atoms with van der Waals surface area (Å²) in [5.41, 5.74) is 2.94. The molecular formula is C18H24N4O. The number of carbonyl (C=O) groups is 1. The molecule has 1 amide bonds. The summed E-state index contributed by atoms with van der Waals surface area (Å²) < 4.78 is 2.15. The third-order valence-corrected chi connectivity index (χ3v) is 5.52. The van der Waals surface area contributed by atoms with Crippen LogP contribution in [0, 0.1) is 12.3 Å². The van der Waals surface area contributed by atoms with Gasteiger partial charge >= 0.3 is 0 Å². The Morgan fingerprint density at radius 1 is 1.30 bits per heavy atom. The quantitative estimate of drug-likeness (QED) is 0.928. The standard InChI is InChI=1S/C18H24N4O/c1-12-7-8-14-16(19-12)22(13-5-3-6-13)17(20-14)21-15(23)11-18(2)9-4-10-18/h7-8,13H,3-6,9-11H2,1-2H3,(H,20,21,23). The van der Waals surface area contributed by atoms with Crippen molar-refractivity contribution < 1.29 is 4.79 Å². The number of imidazole rings is 1. The number of aryl methyl sites for hydroxylation is 1. The first-order chi connectivity index (χ1) is 11.0. The van der Waals surface area contributed by atoms with Crippen molar-refractivity contribution in [3.63, 3.8) is 0 Å². The lowest BCUT2D eigenvalue weighted by atomic mass is 9.68. The monoisotopic (exact) mass is 312 g/mol. The van der Waals surface area contributed by atoms with Crippen molar-refractivity contribution in [3.8, 4) is 0 Å². The van der Waals surface area contributed by atoms with E-state index in [0.717, 1.165) is 42.5 Å². The third kappa shape index (κ3) is 2.62. The Morgan fingerprint density at radius 2 is 2.09 bits per heavy atom. The molecule has 0 aromatic carbocycles. The molecule has 122 valence electrons. The second kappa shape index (κ2) is 5.32. The molecule has 2 aromatic heterocycles. The van der Waals surface area contributed by atoms with E-state index in [9.17, 15) is 4.79 Å². The summed E-state index contributed by atoms with van der Waals surface area (Å²) in [6, 6.07) is 4.39. The lowest BCUT2D eigenvalue weighted by molar-refractivity contribution is -0.119. The average molecular weight is 312 g/mol. The minimum absolute atomic E-state index is 0.0831. The number of pyridine rings is 1. The molecule has 2 aliphatic rings. The first-order valence-corrected chi connectivity index (χ1v) is 8.70. The number of aromatic nitrogens is 3. The number of amides is 1. The summed E-state index contributed by atoms with van der Waals surface area (Å²) >= 11 is 0. The van der Waals surface area contributed by atoms with E-state index >= 15 is 0 Å². The minimum Gasteiger partial charge on any atom is -0.296 e. The molecular weight excluding hydrogens is 288 g/mol. The number of rotatable bonds is 4. The van der Waals surface area contributed by atoms with Crippen LogP contribution in [0.15, 0.2) is 12.1 Å². The van der Waals surface area contributed by atoms with Crippen molar-refractivity contribution in [2.45, 2.75) is 64.8 Å². The second-order valence-corrected chi connectivity index (χ2v) is 7.57. The molecule has 0 spiro atoms. The minimum atomic E-state index is 0.0831. The van der Waals surface area contributed by atoms with Gasteiger partial charge in [0, 0.05) is 18.2 Å². The van der Waals surface area contributed by atoms with E-state index in [1.54, 1.807) is 0 Å². The van der Waals surface area contributed by atoms with Crippen LogP contribution in [0.1, 0.15) is 63.6 Å². The Labute approximate surface area is 136 Å². The largest absolute Gasteiger partial charge is 0.296 e. The van der Waals surface area contributed by atoms with E-state index < -0.39 is 0 Å². The Balaban J connectivity index is 1.64. The fraction of sp³-hybridized carbons (Fsp3) is 0.611. The smallest absolute Gasteiger partial charge is 0.227 e. The molecule has 2 aliphatic carbocycles. The number of carbonyl (C=O) groups excluding carboxylic acids is 1. The topological polar surface area (TPSA) is 59.8 Å². The number of fused-ring (bicyclic) bond motifs is 1. The number of hydrogen-bond donors (Lipinski definition) is 1. The first-order valence-electron chi connectivity index (χ1n) is 8.70. The zero-order valence-electron chi connectivity index (χ0n) is 13.9. The van der Waals surface area contributed by atoms with Crippen molar-refractivity contribution >= 4 is 23.0 Å². The summed E-state index contributed by atoms with van der Waals surface area (Å²) in [7, 11) is 0. The highest BCUT2D eigenvalue weighted by molar-refractivity contribution is 5.91. The molecule has 0 unspecified atom stereocenters. The zero-order valence-corrected chi connectivity index (χ0v) is 13.9. The van der Waals surface area contributed by atoms with Crippen molar-refractivity contribution in [3.05, 3.63) is 17.8 Å². The van der Waals surface area contributed by atoms with E-state index in [4.69, 9.17) is 0 Å². The maximum Gasteiger partial charge on any atom is 0.227 e. The summed E-state index contributed by atoms with van der Waals surface area (Å²) in [6.45, 7) is 4.20. The van der Waals surface area contributed by atoms with Gasteiger partial charge in [-0.05, 0) is 56.6 Å². The van der Waals surface area contributed by atoms with E-state index in [1.807, 2.05) is 19.1 Å². The Hall–Kier alpha value is -1.91. The zero-order chi connectivity index (χ0) is 16.0. The molecule has 0 bridgehead atoms. The fourth-order valence-electron chi connectivity index (χ4n) is 3.66. The molecule has 5 nitrogen and oxygen atoms in total. The predicted molar refractivity (Wildman–Crippen MR) is 90.4 cm³/mol. The molecule has 2 aromatic rings. The number of anilines is 1. The van der Waals surface area contributed by atoms with Gasteiger partial charge in [0.2, 0.25) is 11.9 Å². The van der Waals surface area contributed by atoms with Crippen LogP contribution < -0.4 is 5.32 Å². The molecule has 0 aliphatic heterocycles. The first kappa shape index (κ1) is 14.7. The highest BCUT2D eigenvalue weighted by Crippen LogP contribution is 2.43. The van der Waals surface area contributed by atoms with Crippen LogP contribution in [-0.2, 0) is 4.79 Å². The van der Waals surface area contributed by atoms with Crippen molar-refractivity contribution in [2.75, 3.05) is 5.32 Å². The molecule has 5 heteroatoms. The SMILES string of the molecule is Cc1ccc2nc(NC(=O)CC3(C)CCC3)n(C3CCC3)c2n1. The summed E-state index contributed by atoms with van der Waals surface area (Å²) in [5.74, 6) is 0.760. The van der Waals surface area contributed by atoms with E-state index in [1.165, 1.54) is 12.8 Å². The fourth-order valence-corrected chi connectivity index (χ4v) is 3.66. The van der Waals surface area contributed by atoms with Gasteiger partial charge in [-0.2, -0.15) is 0 Å². The van der Waals surface area contributed by atoms with E-state index in [2.05, 4.69) is 26.8 Å². The van der Waals surface area contributed by atoms with Gasteiger partial charge in [0.25, 0.3) is 0 Å². The average Bonchev–Trinajstić information content (AvgIpc) is 2.73. The van der Waals surface area contributed by atoms with Gasteiger partial charge in [-0.25, -0.2) is 9.97 Å². The van der Waals surface area contributed by atoms with Gasteiger partial charge in [-0.3, -0.25) is 14.7 Å². The molecule has 2 heterocycles. The lowest BCUT2D eigenvalue weighted by Crippen LogP contribution is -2.32. The van der Waals surface area contributed by atoms with Crippen LogP contribution in [0.5, 0.6) is 0 Å². The van der Waals surface area contributed by atoms with Gasteiger partial charge in [0.1, 0.15) is 5.52 Å². The number of nitrogens with zero attached hydrogens (tertiary/aromatic N) is 3. The maximum absolute atomic E-state index is 12.5. The number of hydrogen-bond acceptors (Lipinski definition) is 3. The van der Waals surface area contributed by atoms with Crippen LogP contribution in [-0.4, -0.2) is 20.4 Å². The van der Waals surface area contributed by atoms with Crippen LogP contribution in [0.4, 0.5) is 5.95 Å². The molecule has 2 saturated carbocycles. The maximum atomic E-state index is 12.5. The van der Waals surface area contributed by atoms with E-state index in [0.29, 0.717) is 18.4 Å². The highest BCUT2D eigenvalue weighted by atomic mass is 16.1. The Kier molecular flexibility index (Phi) is 3.39. The molecule has 2 fully saturated rings. The lowest BCUT2D eigenvalue weighted by Gasteiger charge is -2.37. The van der Waals surface area contributed by atoms with Crippen LogP contribution in [0.25, 0.3) is 11.2 Å². The Bertz CT molecular complexity index is 756. The molecule has 1 N–H and O–H groups in total. The van der Waals surface area contributed by atoms with Crippen LogP contribution in [0.3, 0.4) is 0 Å². The van der Waals surface area contributed by atoms with Gasteiger partial charge in [0.15, 0.2) is 5.65 Å². The van der Waals surface area contributed by atoms with Crippen molar-refractivity contribution in [1.82, 2.24) is 14.5 Å². The van der Waals surface area contributed by atoms with Crippen LogP contribution >= 0.6 is 0 Å². The van der Waals surface area contributed by atoms with Crippen LogP contribution in [0.2, 0.25) is 0 Å². The predicted octanol–water partition coefficient (Wildman–Crippen LogP) is 3.98. The van der Waals surface area contributed by atoms with E-state index in [-0.39, 0.29) is 11.3 Å². The van der Waals surface area contributed by atoms with Gasteiger partial charge in [-0.1, -0.05) is 13.3 Å². The Morgan fingerprint density at radius 3 is 2.70 bits per heavy atom. The summed E-state index contributed by atoms with van der Waals surface area (Å²) in [4.78, 5) is 21.8. The normalized spacial score (nSPS) is 20.1. The van der Waals surface area contributed by atoms with Gasteiger partial charge < -0.3 is 0 Å². The molecule has 0 radical (unpaired) electrons. The number of nitrogens with one attached hydrogen (secondary N) is 1. The molecule has 0 atom stereocenters. The third-order valence-electron chi connectivity index (χ3n) is 5.52. The molecule has 23 heavy (non-hydrogen) atoms. The highest BCUT2D eigenvalue weighted by Gasteiger charge is 2.34. The summed E-state index contributed by atoms with van der Waals surface area (Å²) in [6.07, 6.45) is 7.66. The molecule has 4 rings (SSSR count). The van der Waals surface area contributed by atoms with Crippen molar-refractivity contribution in [1.29, 1.82) is 0 Å². The van der Waals surface area contributed by atoms with Gasteiger partial charge in [-0.15, -0.1) is 0 Å². The molecule has 0 saturated heterocycles. The summed E-state index contributed by atoms with van der Waals surface area (Å²) in [5, 5.41) is 3.07. The van der Waals surface area contributed by atoms with Gasteiger partial charge in [0.05, 0.1) is 0 Å². The second-order valence-electron chi connectivity index (χ2n) is 7.57. The van der Waals surface area contributed by atoms with Crippen molar-refractivity contribution in [2.24, 2.45) is 5.41 Å².